The number of nitrogens with zero attached hydrogens (tertiary/aromatic N) is 2. The second kappa shape index (κ2) is 7.70. The Kier molecular flexibility index (Phi) is 5.31. The Labute approximate surface area is 170 Å². The number of carbonyl (C=O) groups excluding carboxylic acids is 2. The van der Waals surface area contributed by atoms with Crippen molar-refractivity contribution < 1.29 is 9.59 Å². The molecule has 1 unspecified atom stereocenters. The average Bonchev–Trinajstić information content (AvgIpc) is 3.19. The van der Waals surface area contributed by atoms with Gasteiger partial charge in [0, 0.05) is 16.7 Å². The molecule has 0 amide bonds. The van der Waals surface area contributed by atoms with Gasteiger partial charge in [0.1, 0.15) is 0 Å². The Morgan fingerprint density at radius 3 is 1.76 bits per heavy atom. The third kappa shape index (κ3) is 4.08. The fraction of sp³-hybridized carbons (Fsp3) is 0.200. The summed E-state index contributed by atoms with van der Waals surface area (Å²) in [5, 5.41) is 17.9. The highest BCUT2D eigenvalue weighted by Crippen LogP contribution is 2.38. The summed E-state index contributed by atoms with van der Waals surface area (Å²) >= 11 is 0. The molecule has 142 valence electrons. The average molecular weight is 380 g/mol. The number of rotatable bonds is 4. The van der Waals surface area contributed by atoms with Gasteiger partial charge in [-0.1, -0.05) is 45.1 Å². The van der Waals surface area contributed by atoms with Gasteiger partial charge in [-0.05, 0) is 47.4 Å². The molecule has 0 heterocycles. The molecule has 0 saturated heterocycles. The van der Waals surface area contributed by atoms with E-state index in [1.807, 2.05) is 45.1 Å². The summed E-state index contributed by atoms with van der Waals surface area (Å²) in [4.78, 5) is 26.4. The van der Waals surface area contributed by atoms with Gasteiger partial charge >= 0.3 is 0 Å². The van der Waals surface area contributed by atoms with Gasteiger partial charge in [-0.2, -0.15) is 10.5 Å². The molecule has 0 fully saturated rings. The lowest BCUT2D eigenvalue weighted by molar-refractivity contribution is 0.0930. The lowest BCUT2D eigenvalue weighted by Crippen LogP contribution is -2.19. The van der Waals surface area contributed by atoms with Crippen LogP contribution in [0.3, 0.4) is 0 Å². The third-order valence-electron chi connectivity index (χ3n) is 4.98. The molecule has 0 N–H and O–H groups in total. The van der Waals surface area contributed by atoms with Crippen molar-refractivity contribution in [3.8, 4) is 12.1 Å². The molecule has 2 aromatic carbocycles. The van der Waals surface area contributed by atoms with Crippen LogP contribution in [0, 0.1) is 34.0 Å². The fourth-order valence-corrected chi connectivity index (χ4v) is 3.22. The Morgan fingerprint density at radius 2 is 1.31 bits per heavy atom. The SMILES string of the molecule is CC(C)(C)C1=CC(C(=O)c2ccc(C#N)cc2)C(C(=O)c2ccc(C#N)cc2)=C1. The van der Waals surface area contributed by atoms with Crippen LogP contribution in [0.4, 0.5) is 0 Å². The summed E-state index contributed by atoms with van der Waals surface area (Å²) in [5.74, 6) is -1.08. The van der Waals surface area contributed by atoms with E-state index in [-0.39, 0.29) is 17.0 Å². The first-order chi connectivity index (χ1) is 13.7. The van der Waals surface area contributed by atoms with Crippen LogP contribution in [0.25, 0.3) is 0 Å². The Bertz CT molecular complexity index is 1110. The largest absolute Gasteiger partial charge is 0.293 e. The number of benzene rings is 2. The van der Waals surface area contributed by atoms with Crippen molar-refractivity contribution in [2.45, 2.75) is 20.8 Å². The number of hydrogen-bond donors (Lipinski definition) is 0. The maximum Gasteiger partial charge on any atom is 0.190 e. The monoisotopic (exact) mass is 380 g/mol. The van der Waals surface area contributed by atoms with E-state index in [1.54, 1.807) is 48.5 Å². The second-order valence-corrected chi connectivity index (χ2v) is 8.02. The van der Waals surface area contributed by atoms with Gasteiger partial charge in [0.25, 0.3) is 0 Å². The van der Waals surface area contributed by atoms with E-state index in [0.29, 0.717) is 27.8 Å². The highest BCUT2D eigenvalue weighted by Gasteiger charge is 2.34. The van der Waals surface area contributed by atoms with E-state index in [2.05, 4.69) is 0 Å². The highest BCUT2D eigenvalue weighted by atomic mass is 16.1. The number of carbonyl (C=O) groups is 2. The van der Waals surface area contributed by atoms with Gasteiger partial charge in [0.2, 0.25) is 0 Å². The normalized spacial score (nSPS) is 15.7. The molecule has 0 aliphatic heterocycles. The summed E-state index contributed by atoms with van der Waals surface area (Å²) in [5.41, 5.74) is 2.99. The first-order valence-corrected chi connectivity index (χ1v) is 9.27. The van der Waals surface area contributed by atoms with Crippen LogP contribution in [0.5, 0.6) is 0 Å². The van der Waals surface area contributed by atoms with Crippen molar-refractivity contribution >= 4 is 11.6 Å². The Balaban J connectivity index is 2.00. The van der Waals surface area contributed by atoms with E-state index in [1.165, 1.54) is 0 Å². The molecular weight excluding hydrogens is 360 g/mol. The minimum Gasteiger partial charge on any atom is -0.293 e. The molecule has 0 radical (unpaired) electrons. The molecule has 0 saturated carbocycles. The fourth-order valence-electron chi connectivity index (χ4n) is 3.22. The van der Waals surface area contributed by atoms with Crippen LogP contribution in [0.15, 0.2) is 71.8 Å². The smallest absolute Gasteiger partial charge is 0.190 e. The number of allylic oxidation sites excluding steroid dienone is 4. The zero-order chi connectivity index (χ0) is 21.2. The first-order valence-electron chi connectivity index (χ1n) is 9.27. The first kappa shape index (κ1) is 20.0. The molecule has 3 rings (SSSR count). The topological polar surface area (TPSA) is 81.7 Å². The molecule has 1 atom stereocenters. The molecule has 29 heavy (non-hydrogen) atoms. The van der Waals surface area contributed by atoms with Gasteiger partial charge < -0.3 is 0 Å². The molecule has 1 aliphatic carbocycles. The summed E-state index contributed by atoms with van der Waals surface area (Å²) < 4.78 is 0. The van der Waals surface area contributed by atoms with Crippen LogP contribution in [-0.2, 0) is 0 Å². The Morgan fingerprint density at radius 1 is 0.828 bits per heavy atom. The number of hydrogen-bond acceptors (Lipinski definition) is 4. The van der Waals surface area contributed by atoms with Crippen molar-refractivity contribution in [2.75, 3.05) is 0 Å². The molecule has 1 aliphatic rings. The van der Waals surface area contributed by atoms with E-state index >= 15 is 0 Å². The summed E-state index contributed by atoms with van der Waals surface area (Å²) in [6.45, 7) is 6.11. The summed E-state index contributed by atoms with van der Waals surface area (Å²) in [6, 6.07) is 16.9. The summed E-state index contributed by atoms with van der Waals surface area (Å²) in [7, 11) is 0. The van der Waals surface area contributed by atoms with Crippen molar-refractivity contribution in [3.63, 3.8) is 0 Å². The zero-order valence-electron chi connectivity index (χ0n) is 16.6. The van der Waals surface area contributed by atoms with Crippen molar-refractivity contribution in [1.82, 2.24) is 0 Å². The minimum atomic E-state index is -0.680. The van der Waals surface area contributed by atoms with Crippen molar-refractivity contribution in [1.29, 1.82) is 10.5 Å². The molecule has 4 nitrogen and oxygen atoms in total. The predicted octanol–water partition coefficient (Wildman–Crippen LogP) is 5.02. The predicted molar refractivity (Wildman–Crippen MR) is 110 cm³/mol. The number of ketones is 2. The standard InChI is InChI=1S/C25H20N2O2/c1-25(2,3)20-12-21(23(28)18-8-4-16(14-26)5-9-18)22(13-20)24(29)19-10-6-17(15-27)7-11-19/h4-13,21H,1-3H3. The number of Topliss-reactive ketones (excluding diaryl/α,β-unsaturated/α-hetero) is 2. The molecule has 0 spiro atoms. The Hall–Kier alpha value is -3.76. The van der Waals surface area contributed by atoms with Crippen LogP contribution < -0.4 is 0 Å². The maximum atomic E-state index is 13.2. The van der Waals surface area contributed by atoms with Gasteiger partial charge in [0.05, 0.1) is 29.2 Å². The molecule has 2 aromatic rings. The minimum absolute atomic E-state index is 0.179. The molecule has 0 aromatic heterocycles. The van der Waals surface area contributed by atoms with Crippen LogP contribution in [-0.4, -0.2) is 11.6 Å². The van der Waals surface area contributed by atoms with E-state index < -0.39 is 5.92 Å². The zero-order valence-corrected chi connectivity index (χ0v) is 16.6. The molecular formula is C25H20N2O2. The van der Waals surface area contributed by atoms with Crippen molar-refractivity contribution in [3.05, 3.63) is 94.1 Å². The van der Waals surface area contributed by atoms with Crippen LogP contribution in [0.2, 0.25) is 0 Å². The lowest BCUT2D eigenvalue weighted by Gasteiger charge is -2.18. The van der Waals surface area contributed by atoms with Gasteiger partial charge in [-0.15, -0.1) is 0 Å². The van der Waals surface area contributed by atoms with Gasteiger partial charge in [0.15, 0.2) is 11.6 Å². The van der Waals surface area contributed by atoms with Crippen LogP contribution >= 0.6 is 0 Å². The van der Waals surface area contributed by atoms with E-state index in [9.17, 15) is 9.59 Å². The molecule has 4 heteroatoms. The quantitative estimate of drug-likeness (QED) is 0.697. The second-order valence-electron chi connectivity index (χ2n) is 8.02. The third-order valence-corrected chi connectivity index (χ3v) is 4.98. The van der Waals surface area contributed by atoms with E-state index in [0.717, 1.165) is 5.57 Å². The number of nitriles is 2. The van der Waals surface area contributed by atoms with E-state index in [4.69, 9.17) is 10.5 Å². The van der Waals surface area contributed by atoms with Crippen LogP contribution in [0.1, 0.15) is 52.6 Å². The maximum absolute atomic E-state index is 13.2. The molecule has 0 bridgehead atoms. The summed E-state index contributed by atoms with van der Waals surface area (Å²) in [6.07, 6.45) is 3.67. The highest BCUT2D eigenvalue weighted by molar-refractivity contribution is 6.16. The van der Waals surface area contributed by atoms with Crippen molar-refractivity contribution in [2.24, 2.45) is 11.3 Å². The van der Waals surface area contributed by atoms with Gasteiger partial charge in [-0.3, -0.25) is 9.59 Å². The lowest BCUT2D eigenvalue weighted by atomic mass is 9.86. The van der Waals surface area contributed by atoms with Gasteiger partial charge in [-0.25, -0.2) is 0 Å².